The summed E-state index contributed by atoms with van der Waals surface area (Å²) in [5, 5.41) is 0.628. The number of hydrazine groups is 1. The zero-order chi connectivity index (χ0) is 19.2. The molecule has 0 radical (unpaired) electrons. The van der Waals surface area contributed by atoms with Gasteiger partial charge in [-0.3, -0.25) is 20.4 Å². The monoisotopic (exact) mass is 384 g/mol. The summed E-state index contributed by atoms with van der Waals surface area (Å²) in [6.45, 7) is 5.91. The topological polar surface area (TPSA) is 85.3 Å². The van der Waals surface area contributed by atoms with Gasteiger partial charge in [0.25, 0.3) is 5.56 Å². The molecule has 8 heteroatoms. The van der Waals surface area contributed by atoms with Crippen molar-refractivity contribution in [2.45, 2.75) is 39.4 Å². The third-order valence-corrected chi connectivity index (χ3v) is 5.57. The standard InChI is InChI=1S/C19H20N4O3S/c1-11(24)21-22-18-20-16-15(13-9-19(2,3)26-10-14(13)27-16)17(25)23(18)12-7-5-4-6-8-12/h4-8H,9-10H2,1-3H3,(H,20,22)(H,21,24). The summed E-state index contributed by atoms with van der Waals surface area (Å²) in [6.07, 6.45) is 0.659. The van der Waals surface area contributed by atoms with Gasteiger partial charge in [-0.2, -0.15) is 0 Å². The Bertz CT molecular complexity index is 1090. The largest absolute Gasteiger partial charge is 0.370 e. The lowest BCUT2D eigenvalue weighted by Crippen LogP contribution is -2.34. The Labute approximate surface area is 160 Å². The van der Waals surface area contributed by atoms with E-state index in [1.54, 1.807) is 0 Å². The minimum Gasteiger partial charge on any atom is -0.370 e. The summed E-state index contributed by atoms with van der Waals surface area (Å²) in [6, 6.07) is 9.26. The van der Waals surface area contributed by atoms with Gasteiger partial charge in [0.1, 0.15) is 4.83 Å². The van der Waals surface area contributed by atoms with Crippen molar-refractivity contribution in [1.29, 1.82) is 0 Å². The highest BCUT2D eigenvalue weighted by Crippen LogP contribution is 2.37. The van der Waals surface area contributed by atoms with Crippen molar-refractivity contribution in [1.82, 2.24) is 15.0 Å². The molecular formula is C19H20N4O3S. The molecule has 2 N–H and O–H groups in total. The van der Waals surface area contributed by atoms with Crippen molar-refractivity contribution in [3.63, 3.8) is 0 Å². The van der Waals surface area contributed by atoms with E-state index in [2.05, 4.69) is 15.8 Å². The summed E-state index contributed by atoms with van der Waals surface area (Å²) in [5.41, 5.74) is 6.49. The van der Waals surface area contributed by atoms with Gasteiger partial charge in [0.15, 0.2) is 0 Å². The van der Waals surface area contributed by atoms with E-state index in [0.29, 0.717) is 28.9 Å². The smallest absolute Gasteiger partial charge is 0.268 e. The molecule has 27 heavy (non-hydrogen) atoms. The summed E-state index contributed by atoms with van der Waals surface area (Å²) in [4.78, 5) is 31.1. The Morgan fingerprint density at radius 2 is 2.04 bits per heavy atom. The van der Waals surface area contributed by atoms with Gasteiger partial charge in [-0.25, -0.2) is 9.55 Å². The number of para-hydroxylation sites is 1. The molecule has 0 unspecified atom stereocenters. The van der Waals surface area contributed by atoms with Crippen LogP contribution >= 0.6 is 11.3 Å². The zero-order valence-corrected chi connectivity index (χ0v) is 16.1. The molecule has 0 atom stereocenters. The lowest BCUT2D eigenvalue weighted by atomic mass is 9.94. The van der Waals surface area contributed by atoms with Gasteiger partial charge in [-0.15, -0.1) is 11.3 Å². The summed E-state index contributed by atoms with van der Waals surface area (Å²) < 4.78 is 7.38. The molecule has 1 aliphatic heterocycles. The molecule has 3 aromatic rings. The third kappa shape index (κ3) is 3.22. The first kappa shape index (κ1) is 17.7. The number of benzene rings is 1. The van der Waals surface area contributed by atoms with Crippen LogP contribution in [0.2, 0.25) is 0 Å². The van der Waals surface area contributed by atoms with Gasteiger partial charge < -0.3 is 4.74 Å². The number of nitrogens with zero attached hydrogens (tertiary/aromatic N) is 2. The first-order valence-corrected chi connectivity index (χ1v) is 9.47. The molecule has 1 aromatic carbocycles. The molecule has 1 amide bonds. The van der Waals surface area contributed by atoms with Crippen molar-refractivity contribution < 1.29 is 9.53 Å². The molecule has 0 saturated heterocycles. The number of anilines is 1. The van der Waals surface area contributed by atoms with Gasteiger partial charge in [-0.1, -0.05) is 18.2 Å². The molecule has 4 rings (SSSR count). The Morgan fingerprint density at radius 1 is 1.30 bits per heavy atom. The van der Waals surface area contributed by atoms with E-state index >= 15 is 0 Å². The number of carbonyl (C=O) groups excluding carboxylic acids is 1. The Kier molecular flexibility index (Phi) is 4.24. The van der Waals surface area contributed by atoms with Crippen LogP contribution in [0.15, 0.2) is 35.1 Å². The average Bonchev–Trinajstić information content (AvgIpc) is 2.97. The minimum atomic E-state index is -0.321. The van der Waals surface area contributed by atoms with Crippen molar-refractivity contribution in [2.75, 3.05) is 5.43 Å². The molecule has 2 aromatic heterocycles. The number of hydrogen-bond donors (Lipinski definition) is 2. The van der Waals surface area contributed by atoms with E-state index in [1.165, 1.54) is 22.8 Å². The molecule has 0 fully saturated rings. The Morgan fingerprint density at radius 3 is 2.74 bits per heavy atom. The van der Waals surface area contributed by atoms with E-state index in [4.69, 9.17) is 4.74 Å². The highest BCUT2D eigenvalue weighted by atomic mass is 32.1. The molecule has 0 spiro atoms. The van der Waals surface area contributed by atoms with Gasteiger partial charge in [0.05, 0.1) is 23.3 Å². The maximum Gasteiger partial charge on any atom is 0.268 e. The third-order valence-electron chi connectivity index (χ3n) is 4.47. The van der Waals surface area contributed by atoms with Crippen molar-refractivity contribution in [3.8, 4) is 5.69 Å². The number of fused-ring (bicyclic) bond motifs is 3. The van der Waals surface area contributed by atoms with Crippen LogP contribution in [0, 0.1) is 0 Å². The summed E-state index contributed by atoms with van der Waals surface area (Å²) in [5.74, 6) is -0.00254. The van der Waals surface area contributed by atoms with Crippen LogP contribution in [0.4, 0.5) is 5.95 Å². The highest BCUT2D eigenvalue weighted by Gasteiger charge is 2.31. The predicted octanol–water partition coefficient (Wildman–Crippen LogP) is 2.76. The minimum absolute atomic E-state index is 0.158. The van der Waals surface area contributed by atoms with E-state index < -0.39 is 0 Å². The normalized spacial score (nSPS) is 15.4. The number of rotatable bonds is 3. The predicted molar refractivity (Wildman–Crippen MR) is 105 cm³/mol. The first-order chi connectivity index (χ1) is 12.9. The van der Waals surface area contributed by atoms with Crippen LogP contribution in [0.1, 0.15) is 31.2 Å². The first-order valence-electron chi connectivity index (χ1n) is 8.65. The second-order valence-corrected chi connectivity index (χ2v) is 8.21. The van der Waals surface area contributed by atoms with E-state index in [-0.39, 0.29) is 23.0 Å². The van der Waals surface area contributed by atoms with E-state index in [0.717, 1.165) is 10.4 Å². The lowest BCUT2D eigenvalue weighted by Gasteiger charge is -2.29. The van der Waals surface area contributed by atoms with Crippen molar-refractivity contribution in [2.24, 2.45) is 0 Å². The summed E-state index contributed by atoms with van der Waals surface area (Å²) >= 11 is 1.46. The molecular weight excluding hydrogens is 364 g/mol. The van der Waals surface area contributed by atoms with Crippen LogP contribution in [0.5, 0.6) is 0 Å². The van der Waals surface area contributed by atoms with Crippen LogP contribution in [0.3, 0.4) is 0 Å². The molecule has 3 heterocycles. The number of ether oxygens (including phenoxy) is 1. The number of aromatic nitrogens is 2. The maximum absolute atomic E-state index is 13.5. The van der Waals surface area contributed by atoms with E-state index in [1.807, 2.05) is 44.2 Å². The number of nitrogens with one attached hydrogen (secondary N) is 2. The fourth-order valence-electron chi connectivity index (χ4n) is 3.24. The number of amides is 1. The number of carbonyl (C=O) groups is 1. The summed E-state index contributed by atoms with van der Waals surface area (Å²) in [7, 11) is 0. The Hall–Kier alpha value is -2.71. The van der Waals surface area contributed by atoms with Crippen LogP contribution in [-0.2, 0) is 22.6 Å². The second-order valence-electron chi connectivity index (χ2n) is 7.13. The quantitative estimate of drug-likeness (QED) is 0.678. The SMILES string of the molecule is CC(=O)NNc1nc2sc3c(c2c(=O)n1-c1ccccc1)CC(C)(C)OC3. The van der Waals surface area contributed by atoms with Crippen LogP contribution < -0.4 is 16.4 Å². The molecule has 0 bridgehead atoms. The number of hydrogen-bond acceptors (Lipinski definition) is 6. The highest BCUT2D eigenvalue weighted by molar-refractivity contribution is 7.18. The Balaban J connectivity index is 1.97. The van der Waals surface area contributed by atoms with Gasteiger partial charge in [0.2, 0.25) is 11.9 Å². The average molecular weight is 384 g/mol. The molecule has 1 aliphatic rings. The number of thiophene rings is 1. The van der Waals surface area contributed by atoms with Crippen LogP contribution in [-0.4, -0.2) is 21.1 Å². The fraction of sp³-hybridized carbons (Fsp3) is 0.316. The van der Waals surface area contributed by atoms with Gasteiger partial charge >= 0.3 is 0 Å². The lowest BCUT2D eigenvalue weighted by molar-refractivity contribution is -0.118. The van der Waals surface area contributed by atoms with Crippen molar-refractivity contribution >= 4 is 33.4 Å². The zero-order valence-electron chi connectivity index (χ0n) is 15.3. The molecule has 0 aliphatic carbocycles. The molecule has 140 valence electrons. The van der Waals surface area contributed by atoms with Crippen LogP contribution in [0.25, 0.3) is 15.9 Å². The maximum atomic E-state index is 13.5. The van der Waals surface area contributed by atoms with E-state index in [9.17, 15) is 9.59 Å². The molecule has 0 saturated carbocycles. The van der Waals surface area contributed by atoms with Crippen molar-refractivity contribution in [3.05, 3.63) is 51.1 Å². The fourth-order valence-corrected chi connectivity index (χ4v) is 4.33. The van der Waals surface area contributed by atoms with Gasteiger partial charge in [-0.05, 0) is 31.5 Å². The van der Waals surface area contributed by atoms with Gasteiger partial charge in [0, 0.05) is 18.2 Å². The second kappa shape index (κ2) is 6.47. The molecule has 7 nitrogen and oxygen atoms in total.